The first kappa shape index (κ1) is 9.28. The fourth-order valence-corrected chi connectivity index (χ4v) is 1.73. The van der Waals surface area contributed by atoms with Crippen molar-refractivity contribution < 1.29 is 4.74 Å². The maximum atomic E-state index is 4.90. The summed E-state index contributed by atoms with van der Waals surface area (Å²) in [6, 6.07) is 0. The zero-order valence-corrected chi connectivity index (χ0v) is 10.5. The van der Waals surface area contributed by atoms with Crippen molar-refractivity contribution in [3.8, 4) is 9.59 Å². The van der Waals surface area contributed by atoms with E-state index in [2.05, 4.69) is 23.0 Å². The number of ether oxygens (including phenoxy) is 1. The fourth-order valence-electron chi connectivity index (χ4n) is 0.261. The molecule has 0 aliphatic heterocycles. The second-order valence-corrected chi connectivity index (χ2v) is 21.4. The van der Waals surface area contributed by atoms with Crippen molar-refractivity contribution in [3.05, 3.63) is 0 Å². The summed E-state index contributed by atoms with van der Waals surface area (Å²) in [5, 5.41) is 0. The zero-order valence-electron chi connectivity index (χ0n) is 6.62. The van der Waals surface area contributed by atoms with Gasteiger partial charge in [-0.1, -0.05) is 0 Å². The Morgan fingerprint density at radius 2 is 1.89 bits per heavy atom. The summed E-state index contributed by atoms with van der Waals surface area (Å²) in [5.74, 6) is 0. The van der Waals surface area contributed by atoms with Gasteiger partial charge in [0.25, 0.3) is 0 Å². The van der Waals surface area contributed by atoms with E-state index in [1.165, 1.54) is 0 Å². The molecule has 0 aliphatic rings. The van der Waals surface area contributed by atoms with Gasteiger partial charge in [0.2, 0.25) is 0 Å². The van der Waals surface area contributed by atoms with Crippen LogP contribution in [0.4, 0.5) is 0 Å². The molecule has 9 heavy (non-hydrogen) atoms. The Morgan fingerprint density at radius 1 is 1.33 bits per heavy atom. The molecular weight excluding hydrogens is 307 g/mol. The average molecular weight is 321 g/mol. The number of hydrogen-bond donors (Lipinski definition) is 0. The molecule has 1 nitrogen and oxygen atoms in total. The maximum absolute atomic E-state index is 4.90. The first-order chi connectivity index (χ1) is 4.06. The van der Waals surface area contributed by atoms with Crippen LogP contribution in [0.1, 0.15) is 6.92 Å². The van der Waals surface area contributed by atoms with Gasteiger partial charge in [-0.3, -0.25) is 0 Å². The molecule has 52 valence electrons. The van der Waals surface area contributed by atoms with Crippen LogP contribution in [0, 0.1) is 9.59 Å². The van der Waals surface area contributed by atoms with Crippen LogP contribution in [0.15, 0.2) is 0 Å². The second-order valence-electron chi connectivity index (χ2n) is 2.91. The van der Waals surface area contributed by atoms with E-state index in [1.54, 1.807) is 0 Å². The quantitative estimate of drug-likeness (QED) is 0.529. The molecule has 0 aromatic carbocycles. The van der Waals surface area contributed by atoms with Crippen molar-refractivity contribution in [1.29, 1.82) is 0 Å². The number of rotatable bonds is 1. The van der Waals surface area contributed by atoms with Gasteiger partial charge >= 0.3 is 62.5 Å². The summed E-state index contributed by atoms with van der Waals surface area (Å²) < 4.78 is 14.9. The molecule has 0 fully saturated rings. The van der Waals surface area contributed by atoms with E-state index in [9.17, 15) is 0 Å². The van der Waals surface area contributed by atoms with Crippen LogP contribution >= 0.6 is 0 Å². The molecule has 0 rings (SSSR count). The average Bonchev–Trinajstić information content (AvgIpc) is 1.63. The molecule has 0 unspecified atom stereocenters. The van der Waals surface area contributed by atoms with Crippen LogP contribution < -0.4 is 0 Å². The summed E-state index contributed by atoms with van der Waals surface area (Å²) in [7, 11) is 0. The monoisotopic (exact) mass is 322 g/mol. The van der Waals surface area contributed by atoms with Gasteiger partial charge in [0.05, 0.1) is 0 Å². The molecule has 0 aromatic rings. The molecule has 0 radical (unpaired) electrons. The molecule has 0 amide bonds. The van der Waals surface area contributed by atoms with Gasteiger partial charge in [-0.25, -0.2) is 0 Å². The Bertz CT molecular complexity index is 124. The van der Waals surface area contributed by atoms with Crippen molar-refractivity contribution in [1.82, 2.24) is 0 Å². The Kier molecular flexibility index (Phi) is 4.28. The molecule has 0 aromatic heterocycles. The van der Waals surface area contributed by atoms with E-state index in [4.69, 9.17) is 4.74 Å². The van der Waals surface area contributed by atoms with Crippen molar-refractivity contribution >= 4 is 21.2 Å². The first-order valence-electron chi connectivity index (χ1n) is 3.20. The van der Waals surface area contributed by atoms with Crippen LogP contribution in [0.25, 0.3) is 0 Å². The van der Waals surface area contributed by atoms with Crippen LogP contribution in [0.3, 0.4) is 0 Å². The van der Waals surface area contributed by atoms with Gasteiger partial charge in [0.15, 0.2) is 0 Å². The Balaban J connectivity index is 3.59. The molecule has 0 spiro atoms. The third kappa shape index (κ3) is 8.28. The van der Waals surface area contributed by atoms with Crippen LogP contribution in [0.2, 0.25) is 13.4 Å². The van der Waals surface area contributed by atoms with Gasteiger partial charge < -0.3 is 0 Å². The Hall–Kier alpha value is 0.282. The van der Waals surface area contributed by atoms with Gasteiger partial charge in [-0.15, -0.1) is 0 Å². The molecule has 0 heterocycles. The second kappa shape index (κ2) is 4.15. The van der Waals surface area contributed by atoms with E-state index >= 15 is 0 Å². The van der Waals surface area contributed by atoms with Gasteiger partial charge in [0, 0.05) is 0 Å². The van der Waals surface area contributed by atoms with E-state index in [0.29, 0.717) is 6.61 Å². The third-order valence-corrected chi connectivity index (χ3v) is 3.95. The van der Waals surface area contributed by atoms with E-state index in [0.717, 1.165) is 0 Å². The van der Waals surface area contributed by atoms with E-state index in [-0.39, 0.29) is 0 Å². The summed E-state index contributed by atoms with van der Waals surface area (Å²) in [6.07, 6.45) is 2.72. The Labute approximate surface area is 62.4 Å². The summed E-state index contributed by atoms with van der Waals surface area (Å²) >= 11 is -1.93. The Morgan fingerprint density at radius 3 is 2.22 bits per heavy atom. The molecule has 0 saturated heterocycles. The molecule has 0 saturated carbocycles. The van der Waals surface area contributed by atoms with Crippen LogP contribution in [-0.4, -0.2) is 27.8 Å². The molecule has 0 aliphatic carbocycles. The van der Waals surface area contributed by atoms with Crippen molar-refractivity contribution in [2.24, 2.45) is 0 Å². The van der Waals surface area contributed by atoms with E-state index < -0.39 is 21.2 Å². The fraction of sp³-hybridized carbons (Fsp3) is 0.714. The molecule has 0 N–H and O–H groups in total. The molecule has 0 atom stereocenters. The summed E-state index contributed by atoms with van der Waals surface area (Å²) in [4.78, 5) is 0. The van der Waals surface area contributed by atoms with Gasteiger partial charge in [-0.05, 0) is 0 Å². The summed E-state index contributed by atoms with van der Waals surface area (Å²) in [5.41, 5.74) is 0. The van der Waals surface area contributed by atoms with Crippen molar-refractivity contribution in [2.45, 2.75) is 20.4 Å². The standard InChI is InChI=1S/C4H5O.3CH3.Pb/c1-3-5-4-2;;;;/h3H2,1H3;3*1H3;. The van der Waals surface area contributed by atoms with Crippen LogP contribution in [-0.2, 0) is 4.74 Å². The van der Waals surface area contributed by atoms with Gasteiger partial charge in [-0.2, -0.15) is 0 Å². The minimum absolute atomic E-state index is 0.705. The summed E-state index contributed by atoms with van der Waals surface area (Å²) in [6.45, 7) is 2.66. The minimum atomic E-state index is -1.93. The third-order valence-electron chi connectivity index (χ3n) is 0.643. The van der Waals surface area contributed by atoms with Crippen molar-refractivity contribution in [2.75, 3.05) is 6.61 Å². The zero-order chi connectivity index (χ0) is 7.33. The molecular formula is C7H14OPb. The van der Waals surface area contributed by atoms with Gasteiger partial charge in [0.1, 0.15) is 0 Å². The number of hydrogen-bond acceptors (Lipinski definition) is 1. The van der Waals surface area contributed by atoms with Crippen molar-refractivity contribution in [3.63, 3.8) is 0 Å². The normalized spacial score (nSPS) is 9.78. The molecule has 0 bridgehead atoms. The van der Waals surface area contributed by atoms with E-state index in [1.807, 2.05) is 6.92 Å². The van der Waals surface area contributed by atoms with Crippen LogP contribution in [0.5, 0.6) is 0 Å². The first-order valence-corrected chi connectivity index (χ1v) is 16.8. The topological polar surface area (TPSA) is 9.23 Å². The predicted octanol–water partition coefficient (Wildman–Crippen LogP) is 1.86. The molecule has 2 heteroatoms. The SMILES string of the molecule is CCOC#[C][Pb]([CH3])([CH3])[CH3]. The predicted molar refractivity (Wildman–Crippen MR) is 42.7 cm³/mol.